The van der Waals surface area contributed by atoms with E-state index in [1.54, 1.807) is 31.3 Å². The van der Waals surface area contributed by atoms with Crippen LogP contribution < -0.4 is 5.32 Å². The molecule has 3 rings (SSSR count). The lowest BCUT2D eigenvalue weighted by Gasteiger charge is -2.23. The average Bonchev–Trinajstić information content (AvgIpc) is 2.55. The molecule has 6 heteroatoms. The summed E-state index contributed by atoms with van der Waals surface area (Å²) in [6.07, 6.45) is 0. The summed E-state index contributed by atoms with van der Waals surface area (Å²) in [6, 6.07) is 11.5. The van der Waals surface area contributed by atoms with Gasteiger partial charge in [0.2, 0.25) is 5.91 Å². The maximum atomic E-state index is 13.3. The number of thioether (sulfide) groups is 1. The first-order valence-corrected chi connectivity index (χ1v) is 8.43. The summed E-state index contributed by atoms with van der Waals surface area (Å²) in [7, 11) is 1.67. The quantitative estimate of drug-likeness (QED) is 0.927. The molecule has 2 amide bonds. The van der Waals surface area contributed by atoms with E-state index in [2.05, 4.69) is 5.32 Å². The predicted octanol–water partition coefficient (Wildman–Crippen LogP) is 3.53. The van der Waals surface area contributed by atoms with Crippen molar-refractivity contribution in [2.24, 2.45) is 0 Å². The second-order valence-electron chi connectivity index (χ2n) is 5.75. The molecule has 1 atom stereocenters. The van der Waals surface area contributed by atoms with Crippen LogP contribution in [0.25, 0.3) is 0 Å². The van der Waals surface area contributed by atoms with Gasteiger partial charge in [-0.25, -0.2) is 4.39 Å². The zero-order chi connectivity index (χ0) is 17.3. The molecule has 1 aliphatic rings. The molecule has 0 saturated carbocycles. The summed E-state index contributed by atoms with van der Waals surface area (Å²) >= 11 is 1.47. The predicted molar refractivity (Wildman–Crippen MR) is 92.6 cm³/mol. The van der Waals surface area contributed by atoms with Gasteiger partial charge in [0.25, 0.3) is 5.91 Å². The van der Waals surface area contributed by atoms with Gasteiger partial charge in [0.05, 0.1) is 10.9 Å². The van der Waals surface area contributed by atoms with Crippen LogP contribution in [-0.4, -0.2) is 29.0 Å². The molecule has 0 fully saturated rings. The Kier molecular flexibility index (Phi) is 4.57. The number of carbonyl (C=O) groups is 2. The van der Waals surface area contributed by atoms with Crippen LogP contribution in [0.15, 0.2) is 47.4 Å². The highest BCUT2D eigenvalue weighted by Crippen LogP contribution is 2.36. The van der Waals surface area contributed by atoms with E-state index in [1.165, 1.54) is 28.8 Å². The lowest BCUT2D eigenvalue weighted by atomic mass is 10.1. The van der Waals surface area contributed by atoms with Crippen LogP contribution in [0.3, 0.4) is 0 Å². The van der Waals surface area contributed by atoms with Crippen LogP contribution in [0.5, 0.6) is 0 Å². The maximum Gasteiger partial charge on any atom is 0.253 e. The van der Waals surface area contributed by atoms with E-state index in [0.29, 0.717) is 17.8 Å². The average molecular weight is 344 g/mol. The summed E-state index contributed by atoms with van der Waals surface area (Å²) in [6.45, 7) is 2.15. The minimum atomic E-state index is -0.323. The third-order valence-electron chi connectivity index (χ3n) is 3.81. The van der Waals surface area contributed by atoms with Crippen molar-refractivity contribution in [2.45, 2.75) is 23.6 Å². The Morgan fingerprint density at radius 1 is 1.29 bits per heavy atom. The Balaban J connectivity index is 1.77. The number of hydrogen-bond acceptors (Lipinski definition) is 3. The number of anilines is 1. The van der Waals surface area contributed by atoms with Gasteiger partial charge in [-0.2, -0.15) is 0 Å². The van der Waals surface area contributed by atoms with Crippen LogP contribution in [0.2, 0.25) is 0 Å². The first-order chi connectivity index (χ1) is 11.4. The number of halogens is 1. The van der Waals surface area contributed by atoms with E-state index in [1.807, 2.05) is 13.0 Å². The molecule has 0 aromatic heterocycles. The molecule has 0 radical (unpaired) electrons. The molecule has 4 nitrogen and oxygen atoms in total. The molecular formula is C18H17FN2O2S. The molecule has 2 aromatic rings. The van der Waals surface area contributed by atoms with Crippen LogP contribution in [0.1, 0.15) is 22.8 Å². The van der Waals surface area contributed by atoms with Gasteiger partial charge in [-0.15, -0.1) is 11.8 Å². The molecule has 1 aliphatic heterocycles. The molecule has 0 saturated heterocycles. The highest BCUT2D eigenvalue weighted by atomic mass is 32.2. The van der Waals surface area contributed by atoms with Gasteiger partial charge < -0.3 is 10.2 Å². The monoisotopic (exact) mass is 344 g/mol. The Morgan fingerprint density at radius 3 is 2.83 bits per heavy atom. The van der Waals surface area contributed by atoms with Crippen molar-refractivity contribution < 1.29 is 14.0 Å². The first-order valence-electron chi connectivity index (χ1n) is 7.55. The summed E-state index contributed by atoms with van der Waals surface area (Å²) < 4.78 is 13.3. The van der Waals surface area contributed by atoms with Crippen LogP contribution in [0.4, 0.5) is 10.1 Å². The Hall–Kier alpha value is -2.34. The second kappa shape index (κ2) is 6.65. The number of nitrogens with zero attached hydrogens (tertiary/aromatic N) is 1. The van der Waals surface area contributed by atoms with Crippen molar-refractivity contribution in [3.8, 4) is 0 Å². The van der Waals surface area contributed by atoms with Crippen molar-refractivity contribution in [2.75, 3.05) is 12.4 Å². The highest BCUT2D eigenvalue weighted by Gasteiger charge is 2.24. The fourth-order valence-corrected chi connectivity index (χ4v) is 3.47. The van der Waals surface area contributed by atoms with Crippen LogP contribution in [-0.2, 0) is 11.3 Å². The third-order valence-corrected chi connectivity index (χ3v) is 4.99. The smallest absolute Gasteiger partial charge is 0.253 e. The summed E-state index contributed by atoms with van der Waals surface area (Å²) in [5, 5.41) is 2.68. The minimum Gasteiger partial charge on any atom is -0.337 e. The van der Waals surface area contributed by atoms with Crippen molar-refractivity contribution in [3.63, 3.8) is 0 Å². The van der Waals surface area contributed by atoms with E-state index < -0.39 is 0 Å². The number of hydrogen-bond donors (Lipinski definition) is 1. The molecule has 0 spiro atoms. The van der Waals surface area contributed by atoms with Gasteiger partial charge in [-0.1, -0.05) is 12.1 Å². The molecule has 1 unspecified atom stereocenters. The van der Waals surface area contributed by atoms with Crippen LogP contribution >= 0.6 is 11.8 Å². The fraction of sp³-hybridized carbons (Fsp3) is 0.222. The normalized spacial score (nSPS) is 16.3. The number of rotatable bonds is 3. The molecule has 2 aromatic carbocycles. The number of amides is 2. The van der Waals surface area contributed by atoms with Gasteiger partial charge >= 0.3 is 0 Å². The van der Waals surface area contributed by atoms with Gasteiger partial charge in [0.1, 0.15) is 5.82 Å². The summed E-state index contributed by atoms with van der Waals surface area (Å²) in [4.78, 5) is 26.8. The maximum absolute atomic E-state index is 13.3. The Labute approximate surface area is 144 Å². The third kappa shape index (κ3) is 3.43. The second-order valence-corrected chi connectivity index (χ2v) is 7.13. The highest BCUT2D eigenvalue weighted by molar-refractivity contribution is 8.00. The Morgan fingerprint density at radius 2 is 2.08 bits per heavy atom. The zero-order valence-corrected chi connectivity index (χ0v) is 14.2. The number of fused-ring (bicyclic) bond motifs is 1. The summed E-state index contributed by atoms with van der Waals surface area (Å²) in [5.74, 6) is -0.568. The van der Waals surface area contributed by atoms with E-state index in [0.717, 1.165) is 10.5 Å². The van der Waals surface area contributed by atoms with E-state index >= 15 is 0 Å². The van der Waals surface area contributed by atoms with Crippen molar-refractivity contribution in [3.05, 3.63) is 59.4 Å². The number of carbonyl (C=O) groups excluding carboxylic acids is 2. The standard InChI is InChI=1S/C18H17FN2O2S/c1-11-17(22)20-15-9-13(6-7-16(15)24-11)18(23)21(2)10-12-4-3-5-14(19)8-12/h3-9,11H,10H2,1-2H3,(H,20,22). The lowest BCUT2D eigenvalue weighted by molar-refractivity contribution is -0.115. The first kappa shape index (κ1) is 16.5. The van der Waals surface area contributed by atoms with Gasteiger partial charge in [-0.05, 0) is 42.8 Å². The largest absolute Gasteiger partial charge is 0.337 e. The van der Waals surface area contributed by atoms with E-state index in [4.69, 9.17) is 0 Å². The van der Waals surface area contributed by atoms with Crippen molar-refractivity contribution in [1.82, 2.24) is 4.90 Å². The molecule has 1 N–H and O–H groups in total. The molecular weight excluding hydrogens is 327 g/mol. The van der Waals surface area contributed by atoms with E-state index in [-0.39, 0.29) is 22.9 Å². The molecule has 0 aliphatic carbocycles. The lowest BCUT2D eigenvalue weighted by Crippen LogP contribution is -2.28. The molecule has 0 bridgehead atoms. The van der Waals surface area contributed by atoms with Crippen molar-refractivity contribution >= 4 is 29.3 Å². The Bertz CT molecular complexity index is 809. The van der Waals surface area contributed by atoms with Gasteiger partial charge in [0.15, 0.2) is 0 Å². The number of nitrogens with one attached hydrogen (secondary N) is 1. The molecule has 124 valence electrons. The minimum absolute atomic E-state index is 0.0646. The van der Waals surface area contributed by atoms with Gasteiger partial charge in [-0.3, -0.25) is 9.59 Å². The molecule has 1 heterocycles. The fourth-order valence-electron chi connectivity index (χ4n) is 2.54. The van der Waals surface area contributed by atoms with Gasteiger partial charge in [0, 0.05) is 24.1 Å². The van der Waals surface area contributed by atoms with Crippen LogP contribution in [0, 0.1) is 5.82 Å². The SMILES string of the molecule is CC1Sc2ccc(C(=O)N(C)Cc3cccc(F)c3)cc2NC1=O. The van der Waals surface area contributed by atoms with E-state index in [9.17, 15) is 14.0 Å². The van der Waals surface area contributed by atoms with Crippen molar-refractivity contribution in [1.29, 1.82) is 0 Å². The topological polar surface area (TPSA) is 49.4 Å². The molecule has 24 heavy (non-hydrogen) atoms. The zero-order valence-electron chi connectivity index (χ0n) is 13.4. The number of benzene rings is 2. The summed E-state index contributed by atoms with van der Waals surface area (Å²) in [5.41, 5.74) is 1.87.